The van der Waals surface area contributed by atoms with Crippen LogP contribution in [0.2, 0.25) is 0 Å². The molecule has 2 aliphatic rings. The van der Waals surface area contributed by atoms with Gasteiger partial charge < -0.3 is 4.74 Å². The first-order chi connectivity index (χ1) is 8.11. The van der Waals surface area contributed by atoms with E-state index in [1.54, 1.807) is 0 Å². The van der Waals surface area contributed by atoms with Crippen LogP contribution in [-0.4, -0.2) is 11.4 Å². The van der Waals surface area contributed by atoms with Gasteiger partial charge in [0.1, 0.15) is 11.4 Å². The molecule has 0 bridgehead atoms. The van der Waals surface area contributed by atoms with Gasteiger partial charge in [0.25, 0.3) is 0 Å². The second kappa shape index (κ2) is 3.84. The molecule has 1 fully saturated rings. The van der Waals surface area contributed by atoms with E-state index in [9.17, 15) is 4.79 Å². The van der Waals surface area contributed by atoms with Crippen molar-refractivity contribution in [2.75, 3.05) is 0 Å². The Morgan fingerprint density at radius 3 is 3.00 bits per heavy atom. The Labute approximate surface area is 109 Å². The first kappa shape index (κ1) is 11.3. The van der Waals surface area contributed by atoms with Gasteiger partial charge >= 0.3 is 0 Å². The molecule has 0 amide bonds. The first-order valence-corrected chi connectivity index (χ1v) is 6.92. The zero-order valence-corrected chi connectivity index (χ0v) is 11.4. The van der Waals surface area contributed by atoms with Gasteiger partial charge in [0.2, 0.25) is 0 Å². The minimum absolute atomic E-state index is 0.223. The lowest BCUT2D eigenvalue weighted by Crippen LogP contribution is -2.44. The van der Waals surface area contributed by atoms with Crippen LogP contribution in [0.25, 0.3) is 0 Å². The molecule has 1 saturated carbocycles. The molecule has 2 unspecified atom stereocenters. The van der Waals surface area contributed by atoms with E-state index in [2.05, 4.69) is 22.9 Å². The smallest absolute Gasteiger partial charge is 0.170 e. The van der Waals surface area contributed by atoms with Crippen molar-refractivity contribution >= 4 is 21.7 Å². The van der Waals surface area contributed by atoms with Crippen LogP contribution >= 0.6 is 15.9 Å². The van der Waals surface area contributed by atoms with Crippen LogP contribution in [0.5, 0.6) is 5.75 Å². The van der Waals surface area contributed by atoms with Crippen molar-refractivity contribution in [1.29, 1.82) is 0 Å². The average molecular weight is 295 g/mol. The molecule has 1 aliphatic heterocycles. The number of carbonyl (C=O) groups is 1. The molecule has 90 valence electrons. The van der Waals surface area contributed by atoms with E-state index in [1.165, 1.54) is 12.8 Å². The fourth-order valence-corrected chi connectivity index (χ4v) is 3.42. The molecule has 1 aliphatic carbocycles. The number of hydrogen-bond donors (Lipinski definition) is 0. The molecule has 1 spiro atoms. The van der Waals surface area contributed by atoms with Gasteiger partial charge in [-0.15, -0.1) is 0 Å². The topological polar surface area (TPSA) is 26.3 Å². The summed E-state index contributed by atoms with van der Waals surface area (Å²) in [4.78, 5) is 12.2. The minimum atomic E-state index is -0.224. The molecule has 17 heavy (non-hydrogen) atoms. The lowest BCUT2D eigenvalue weighted by molar-refractivity contribution is 0.0179. The van der Waals surface area contributed by atoms with Crippen LogP contribution in [0.1, 0.15) is 43.0 Å². The summed E-state index contributed by atoms with van der Waals surface area (Å²) in [7, 11) is 0. The molecule has 3 heteroatoms. The van der Waals surface area contributed by atoms with Crippen molar-refractivity contribution in [1.82, 2.24) is 0 Å². The fourth-order valence-electron chi connectivity index (χ4n) is 3.06. The summed E-state index contributed by atoms with van der Waals surface area (Å²) in [6, 6.07) is 5.71. The maximum Gasteiger partial charge on any atom is 0.170 e. The number of carbonyl (C=O) groups excluding carboxylic acids is 1. The molecule has 0 radical (unpaired) electrons. The fraction of sp³-hybridized carbons (Fsp3) is 0.500. The third kappa shape index (κ3) is 1.71. The zero-order chi connectivity index (χ0) is 12.0. The number of Topliss-reactive ketones (excluding diaryl/α,β-unsaturated/α-hetero) is 1. The second-order valence-electron chi connectivity index (χ2n) is 5.20. The third-order valence-electron chi connectivity index (χ3n) is 4.15. The van der Waals surface area contributed by atoms with Gasteiger partial charge in [0.05, 0.1) is 12.0 Å². The van der Waals surface area contributed by atoms with Crippen LogP contribution in [-0.2, 0) is 0 Å². The number of fused-ring (bicyclic) bond motifs is 1. The molecule has 2 nitrogen and oxygen atoms in total. The van der Waals surface area contributed by atoms with Gasteiger partial charge in [-0.3, -0.25) is 4.79 Å². The zero-order valence-electron chi connectivity index (χ0n) is 9.83. The minimum Gasteiger partial charge on any atom is -0.486 e. The Morgan fingerprint density at radius 1 is 1.47 bits per heavy atom. The van der Waals surface area contributed by atoms with Crippen molar-refractivity contribution in [3.8, 4) is 5.75 Å². The van der Waals surface area contributed by atoms with Crippen molar-refractivity contribution in [3.63, 3.8) is 0 Å². The van der Waals surface area contributed by atoms with Crippen molar-refractivity contribution in [2.45, 2.75) is 38.2 Å². The van der Waals surface area contributed by atoms with Crippen LogP contribution in [0.3, 0.4) is 0 Å². The highest BCUT2D eigenvalue weighted by Gasteiger charge is 2.47. The summed E-state index contributed by atoms with van der Waals surface area (Å²) in [5, 5.41) is 0. The molecule has 1 heterocycles. The predicted octanol–water partition coefficient (Wildman–Crippen LogP) is 3.97. The normalized spacial score (nSPS) is 31.4. The average Bonchev–Trinajstić information content (AvgIpc) is 2.62. The lowest BCUT2D eigenvalue weighted by Gasteiger charge is -2.38. The Kier molecular flexibility index (Phi) is 2.54. The highest BCUT2D eigenvalue weighted by Crippen LogP contribution is 2.46. The Hall–Kier alpha value is -0.830. The van der Waals surface area contributed by atoms with E-state index >= 15 is 0 Å². The van der Waals surface area contributed by atoms with Gasteiger partial charge in [0.15, 0.2) is 5.78 Å². The summed E-state index contributed by atoms with van der Waals surface area (Å²) < 4.78 is 7.11. The van der Waals surface area contributed by atoms with Gasteiger partial charge in [-0.1, -0.05) is 22.9 Å². The van der Waals surface area contributed by atoms with E-state index in [1.807, 2.05) is 18.2 Å². The van der Waals surface area contributed by atoms with E-state index in [4.69, 9.17) is 4.74 Å². The largest absolute Gasteiger partial charge is 0.486 e. The summed E-state index contributed by atoms with van der Waals surface area (Å²) in [6.07, 6.45) is 3.88. The van der Waals surface area contributed by atoms with Crippen molar-refractivity contribution < 1.29 is 9.53 Å². The number of benzene rings is 1. The first-order valence-electron chi connectivity index (χ1n) is 6.12. The van der Waals surface area contributed by atoms with Gasteiger partial charge in [-0.2, -0.15) is 0 Å². The van der Waals surface area contributed by atoms with E-state index in [0.29, 0.717) is 12.3 Å². The summed E-state index contributed by atoms with van der Waals surface area (Å²) >= 11 is 3.40. The van der Waals surface area contributed by atoms with Gasteiger partial charge in [0, 0.05) is 4.47 Å². The summed E-state index contributed by atoms with van der Waals surface area (Å²) in [5.74, 6) is 1.46. The molecular weight excluding hydrogens is 280 g/mol. The number of ether oxygens (including phenoxy) is 1. The molecule has 0 aromatic heterocycles. The van der Waals surface area contributed by atoms with Gasteiger partial charge in [-0.05, 0) is 43.4 Å². The van der Waals surface area contributed by atoms with Crippen LogP contribution in [0, 0.1) is 5.92 Å². The molecule has 2 atom stereocenters. The van der Waals surface area contributed by atoms with E-state index < -0.39 is 0 Å². The Bertz CT molecular complexity index is 483. The van der Waals surface area contributed by atoms with Crippen molar-refractivity contribution in [3.05, 3.63) is 28.2 Å². The van der Waals surface area contributed by atoms with Crippen LogP contribution in [0.4, 0.5) is 0 Å². The van der Waals surface area contributed by atoms with E-state index in [0.717, 1.165) is 22.2 Å². The number of hydrogen-bond acceptors (Lipinski definition) is 2. The lowest BCUT2D eigenvalue weighted by atomic mass is 9.83. The highest BCUT2D eigenvalue weighted by atomic mass is 79.9. The Morgan fingerprint density at radius 2 is 2.29 bits per heavy atom. The van der Waals surface area contributed by atoms with Crippen LogP contribution in [0.15, 0.2) is 22.7 Å². The standard InChI is InChI=1S/C14H15BrO2/c1-9-3-2-6-14(9)8-12(16)11-7-10(15)4-5-13(11)17-14/h4-5,7,9H,2-3,6,8H2,1H3. The highest BCUT2D eigenvalue weighted by molar-refractivity contribution is 9.10. The molecule has 1 aromatic carbocycles. The number of halogens is 1. The molecule has 0 N–H and O–H groups in total. The third-order valence-corrected chi connectivity index (χ3v) is 4.64. The Balaban J connectivity index is 2.04. The summed E-state index contributed by atoms with van der Waals surface area (Å²) in [5.41, 5.74) is 0.502. The maximum atomic E-state index is 12.2. The van der Waals surface area contributed by atoms with Crippen molar-refractivity contribution in [2.24, 2.45) is 5.92 Å². The molecule has 3 rings (SSSR count). The number of ketones is 1. The number of rotatable bonds is 0. The maximum absolute atomic E-state index is 12.2. The molecule has 0 saturated heterocycles. The van der Waals surface area contributed by atoms with Gasteiger partial charge in [-0.25, -0.2) is 0 Å². The SMILES string of the molecule is CC1CCCC12CC(=O)c1cc(Br)ccc1O2. The monoisotopic (exact) mass is 294 g/mol. The quantitative estimate of drug-likeness (QED) is 0.724. The van der Waals surface area contributed by atoms with Crippen LogP contribution < -0.4 is 4.74 Å². The predicted molar refractivity (Wildman–Crippen MR) is 69.5 cm³/mol. The molecular formula is C14H15BrO2. The van der Waals surface area contributed by atoms with E-state index in [-0.39, 0.29) is 11.4 Å². The molecule has 1 aromatic rings. The second-order valence-corrected chi connectivity index (χ2v) is 6.12. The summed E-state index contributed by atoms with van der Waals surface area (Å²) in [6.45, 7) is 2.20.